The Morgan fingerprint density at radius 3 is 2.71 bits per heavy atom. The van der Waals surface area contributed by atoms with Crippen molar-refractivity contribution >= 4 is 0 Å². The van der Waals surface area contributed by atoms with E-state index in [1.165, 1.54) is 18.6 Å². The van der Waals surface area contributed by atoms with Gasteiger partial charge in [-0.3, -0.25) is 0 Å². The summed E-state index contributed by atoms with van der Waals surface area (Å²) in [5.41, 5.74) is 1.34. The van der Waals surface area contributed by atoms with Crippen LogP contribution >= 0.6 is 0 Å². The average molecular weight is 294 g/mol. The zero-order chi connectivity index (χ0) is 15.1. The van der Waals surface area contributed by atoms with Crippen LogP contribution < -0.4 is 5.32 Å². The summed E-state index contributed by atoms with van der Waals surface area (Å²) in [6.45, 7) is 7.68. The molecule has 1 aliphatic heterocycles. The van der Waals surface area contributed by atoms with Gasteiger partial charge in [-0.15, -0.1) is 0 Å². The van der Waals surface area contributed by atoms with Crippen molar-refractivity contribution < 1.29 is 9.13 Å². The number of ether oxygens (including phenoxy) is 1. The highest BCUT2D eigenvalue weighted by atomic mass is 19.1. The number of nitrogens with one attached hydrogen (secondary N) is 1. The van der Waals surface area contributed by atoms with E-state index in [4.69, 9.17) is 4.74 Å². The fourth-order valence-electron chi connectivity index (χ4n) is 3.15. The fraction of sp³-hybridized carbons (Fsp3) is 0.647. The molecule has 0 bridgehead atoms. The van der Waals surface area contributed by atoms with Crippen LogP contribution in [-0.2, 0) is 11.3 Å². The number of rotatable bonds is 7. The van der Waals surface area contributed by atoms with Crippen molar-refractivity contribution in [1.29, 1.82) is 0 Å². The molecule has 3 nitrogen and oxygen atoms in total. The highest BCUT2D eigenvalue weighted by Crippen LogP contribution is 2.29. The van der Waals surface area contributed by atoms with E-state index < -0.39 is 0 Å². The zero-order valence-corrected chi connectivity index (χ0v) is 13.2. The molecular formula is C17H27FN2O. The Bertz CT molecular complexity index is 415. The first-order valence-corrected chi connectivity index (χ1v) is 7.85. The standard InChI is InChI=1S/C17H27FN2O/c1-3-19-12-17(9-4-10-21-14-17)13-20(2)11-15-5-7-16(18)8-6-15/h5-8,19H,3-4,9-14H2,1-2H3. The Labute approximate surface area is 127 Å². The average Bonchev–Trinajstić information content (AvgIpc) is 2.48. The van der Waals surface area contributed by atoms with E-state index in [2.05, 4.69) is 24.2 Å². The monoisotopic (exact) mass is 294 g/mol. The summed E-state index contributed by atoms with van der Waals surface area (Å²) in [7, 11) is 2.13. The van der Waals surface area contributed by atoms with Crippen molar-refractivity contribution in [3.8, 4) is 0 Å². The number of hydrogen-bond acceptors (Lipinski definition) is 3. The van der Waals surface area contributed by atoms with E-state index in [0.29, 0.717) is 0 Å². The Morgan fingerprint density at radius 1 is 1.33 bits per heavy atom. The van der Waals surface area contributed by atoms with E-state index in [9.17, 15) is 4.39 Å². The first-order chi connectivity index (χ1) is 10.1. The predicted octanol–water partition coefficient (Wildman–Crippen LogP) is 2.66. The second kappa shape index (κ2) is 7.87. The molecule has 1 atom stereocenters. The van der Waals surface area contributed by atoms with Gasteiger partial charge in [0.25, 0.3) is 0 Å². The van der Waals surface area contributed by atoms with E-state index in [-0.39, 0.29) is 11.2 Å². The van der Waals surface area contributed by atoms with Crippen molar-refractivity contribution in [1.82, 2.24) is 10.2 Å². The molecule has 4 heteroatoms. The number of benzene rings is 1. The molecule has 0 radical (unpaired) electrons. The van der Waals surface area contributed by atoms with Crippen molar-refractivity contribution in [2.45, 2.75) is 26.3 Å². The molecule has 1 aromatic rings. The largest absolute Gasteiger partial charge is 0.381 e. The van der Waals surface area contributed by atoms with E-state index >= 15 is 0 Å². The fourth-order valence-corrected chi connectivity index (χ4v) is 3.15. The van der Waals surface area contributed by atoms with Crippen LogP contribution in [0.1, 0.15) is 25.3 Å². The molecule has 1 fully saturated rings. The minimum absolute atomic E-state index is 0.175. The highest BCUT2D eigenvalue weighted by molar-refractivity contribution is 5.15. The molecular weight excluding hydrogens is 267 g/mol. The smallest absolute Gasteiger partial charge is 0.123 e. The number of nitrogens with zero attached hydrogens (tertiary/aromatic N) is 1. The lowest BCUT2D eigenvalue weighted by molar-refractivity contribution is -0.0234. The summed E-state index contributed by atoms with van der Waals surface area (Å²) in [6.07, 6.45) is 2.34. The van der Waals surface area contributed by atoms with Crippen LogP contribution in [0.3, 0.4) is 0 Å². The summed E-state index contributed by atoms with van der Waals surface area (Å²) in [4.78, 5) is 2.32. The Kier molecular flexibility index (Phi) is 6.15. The minimum atomic E-state index is -0.175. The van der Waals surface area contributed by atoms with E-state index in [1.54, 1.807) is 0 Å². The second-order valence-electron chi connectivity index (χ2n) is 6.24. The minimum Gasteiger partial charge on any atom is -0.381 e. The SMILES string of the molecule is CCNCC1(CN(C)Cc2ccc(F)cc2)CCCOC1. The molecule has 1 aromatic carbocycles. The molecule has 0 spiro atoms. The molecule has 0 aliphatic carbocycles. The van der Waals surface area contributed by atoms with Crippen LogP contribution in [0.25, 0.3) is 0 Å². The van der Waals surface area contributed by atoms with E-state index in [0.717, 1.165) is 51.4 Å². The van der Waals surface area contributed by atoms with Gasteiger partial charge in [-0.25, -0.2) is 4.39 Å². The molecule has 1 N–H and O–H groups in total. The molecule has 0 aromatic heterocycles. The molecule has 1 heterocycles. The highest BCUT2D eigenvalue weighted by Gasteiger charge is 2.33. The molecule has 118 valence electrons. The van der Waals surface area contributed by atoms with Crippen molar-refractivity contribution in [3.05, 3.63) is 35.6 Å². The summed E-state index contributed by atoms with van der Waals surface area (Å²) in [6, 6.07) is 6.78. The van der Waals surface area contributed by atoms with E-state index in [1.807, 2.05) is 12.1 Å². The summed E-state index contributed by atoms with van der Waals surface area (Å²) >= 11 is 0. The van der Waals surface area contributed by atoms with Crippen molar-refractivity contribution in [3.63, 3.8) is 0 Å². The van der Waals surface area contributed by atoms with Gasteiger partial charge < -0.3 is 15.0 Å². The zero-order valence-electron chi connectivity index (χ0n) is 13.2. The van der Waals surface area contributed by atoms with Crippen molar-refractivity contribution in [2.75, 3.05) is 39.9 Å². The second-order valence-corrected chi connectivity index (χ2v) is 6.24. The van der Waals surface area contributed by atoms with Gasteiger partial charge in [-0.05, 0) is 44.1 Å². The Hall–Kier alpha value is -0.970. The third-order valence-corrected chi connectivity index (χ3v) is 4.13. The molecule has 0 amide bonds. The number of halogens is 1. The predicted molar refractivity (Wildman–Crippen MR) is 83.8 cm³/mol. The summed E-state index contributed by atoms with van der Waals surface area (Å²) in [5, 5.41) is 3.48. The lowest BCUT2D eigenvalue weighted by Crippen LogP contribution is -2.48. The van der Waals surface area contributed by atoms with Gasteiger partial charge >= 0.3 is 0 Å². The first kappa shape index (κ1) is 16.4. The van der Waals surface area contributed by atoms with Crippen LogP contribution in [0.4, 0.5) is 4.39 Å². The van der Waals surface area contributed by atoms with Gasteiger partial charge in [0.15, 0.2) is 0 Å². The maximum absolute atomic E-state index is 13.0. The first-order valence-electron chi connectivity index (χ1n) is 7.85. The van der Waals surface area contributed by atoms with Gasteiger partial charge in [0, 0.05) is 31.7 Å². The molecule has 1 aliphatic rings. The Morgan fingerprint density at radius 2 is 2.10 bits per heavy atom. The Balaban J connectivity index is 1.93. The maximum atomic E-state index is 13.0. The van der Waals surface area contributed by atoms with Crippen LogP contribution in [0.2, 0.25) is 0 Å². The normalized spacial score (nSPS) is 22.7. The van der Waals surface area contributed by atoms with Gasteiger partial charge in [-0.1, -0.05) is 19.1 Å². The van der Waals surface area contributed by atoms with Crippen LogP contribution in [0.5, 0.6) is 0 Å². The van der Waals surface area contributed by atoms with Gasteiger partial charge in [0.1, 0.15) is 5.82 Å². The number of hydrogen-bond donors (Lipinski definition) is 1. The lowest BCUT2D eigenvalue weighted by atomic mass is 9.81. The molecule has 0 saturated carbocycles. The lowest BCUT2D eigenvalue weighted by Gasteiger charge is -2.40. The van der Waals surface area contributed by atoms with Crippen LogP contribution in [-0.4, -0.2) is 44.8 Å². The molecule has 2 rings (SSSR count). The van der Waals surface area contributed by atoms with Gasteiger partial charge in [-0.2, -0.15) is 0 Å². The van der Waals surface area contributed by atoms with Gasteiger partial charge in [0.2, 0.25) is 0 Å². The third-order valence-electron chi connectivity index (χ3n) is 4.13. The quantitative estimate of drug-likeness (QED) is 0.837. The summed E-state index contributed by atoms with van der Waals surface area (Å²) in [5.74, 6) is -0.175. The molecule has 1 unspecified atom stereocenters. The van der Waals surface area contributed by atoms with Crippen LogP contribution in [0.15, 0.2) is 24.3 Å². The molecule has 21 heavy (non-hydrogen) atoms. The topological polar surface area (TPSA) is 24.5 Å². The molecule has 1 saturated heterocycles. The maximum Gasteiger partial charge on any atom is 0.123 e. The van der Waals surface area contributed by atoms with Gasteiger partial charge in [0.05, 0.1) is 6.61 Å². The van der Waals surface area contributed by atoms with Crippen LogP contribution in [0, 0.1) is 11.2 Å². The third kappa shape index (κ3) is 5.06. The summed E-state index contributed by atoms with van der Waals surface area (Å²) < 4.78 is 18.7. The van der Waals surface area contributed by atoms with Crippen molar-refractivity contribution in [2.24, 2.45) is 5.41 Å².